The first kappa shape index (κ1) is 18.9. The monoisotopic (exact) mass is 374 g/mol. The Bertz CT molecular complexity index is 735. The van der Waals surface area contributed by atoms with Crippen LogP contribution in [0.15, 0.2) is 47.0 Å². The Labute approximate surface area is 156 Å². The highest BCUT2D eigenvalue weighted by Gasteiger charge is 2.16. The number of hydrogen-bond donors (Lipinski definition) is 1. The summed E-state index contributed by atoms with van der Waals surface area (Å²) < 4.78 is 28.5. The van der Waals surface area contributed by atoms with Crippen molar-refractivity contribution in [2.45, 2.75) is 44.9 Å². The summed E-state index contributed by atoms with van der Waals surface area (Å²) in [5.41, 5.74) is 0.803. The zero-order chi connectivity index (χ0) is 18.4. The van der Waals surface area contributed by atoms with Crippen LogP contribution in [0.25, 0.3) is 0 Å². The molecule has 0 saturated heterocycles. The molecule has 0 heterocycles. The first-order chi connectivity index (χ1) is 12.6. The molecule has 140 valence electrons. The normalized spacial score (nSPS) is 19.3. The highest BCUT2D eigenvalue weighted by atomic mass is 32.2. The van der Waals surface area contributed by atoms with E-state index >= 15 is 0 Å². The number of rotatable bonds is 6. The summed E-state index contributed by atoms with van der Waals surface area (Å²) in [5, 5.41) is 2.70. The molecule has 0 radical (unpaired) electrons. The van der Waals surface area contributed by atoms with Gasteiger partial charge in [-0.2, -0.15) is 0 Å². The van der Waals surface area contributed by atoms with E-state index in [0.29, 0.717) is 42.4 Å². The molecule has 1 saturated carbocycles. The average molecular weight is 374 g/mol. The molecule has 1 atom stereocenters. The number of carbonyl (C=O) groups is 1. The van der Waals surface area contributed by atoms with E-state index in [4.69, 9.17) is 4.74 Å². The summed E-state index contributed by atoms with van der Waals surface area (Å²) in [6, 6.07) is 7.03. The number of amides is 1. The van der Waals surface area contributed by atoms with Crippen molar-refractivity contribution in [2.75, 3.05) is 6.61 Å². The Morgan fingerprint density at radius 3 is 2.73 bits per heavy atom. The van der Waals surface area contributed by atoms with E-state index in [2.05, 4.69) is 5.32 Å². The summed E-state index contributed by atoms with van der Waals surface area (Å²) in [7, 11) is 0. The standard InChI is InChI=1S/C20H25NO4S/c22-20(21-18-11-4-5-12-19(18)26(23)24)16-9-6-10-17(13-16)25-14-15-7-2-1-3-8-15/h6,9-13,15H,1-5,7-8,14H2,(H,21,22)(H,23,24)/p-1. The molecule has 2 aliphatic rings. The Kier molecular flexibility index (Phi) is 6.63. The number of nitrogens with one attached hydrogen (secondary N) is 1. The molecular weight excluding hydrogens is 350 g/mol. The average Bonchev–Trinajstić information content (AvgIpc) is 2.67. The zero-order valence-corrected chi connectivity index (χ0v) is 15.6. The topological polar surface area (TPSA) is 78.5 Å². The largest absolute Gasteiger partial charge is 0.768 e. The lowest BCUT2D eigenvalue weighted by atomic mass is 9.90. The maximum atomic E-state index is 12.5. The third-order valence-electron chi connectivity index (χ3n) is 4.84. The summed E-state index contributed by atoms with van der Waals surface area (Å²) in [5.74, 6) is 0.926. The fourth-order valence-corrected chi connectivity index (χ4v) is 3.98. The summed E-state index contributed by atoms with van der Waals surface area (Å²) in [6.07, 6.45) is 11.0. The van der Waals surface area contributed by atoms with Gasteiger partial charge < -0.3 is 14.6 Å². The van der Waals surface area contributed by atoms with Crippen LogP contribution in [0.1, 0.15) is 55.3 Å². The van der Waals surface area contributed by atoms with Gasteiger partial charge in [0, 0.05) is 10.5 Å². The van der Waals surface area contributed by atoms with Crippen molar-refractivity contribution in [3.63, 3.8) is 0 Å². The van der Waals surface area contributed by atoms with Crippen molar-refractivity contribution in [1.29, 1.82) is 0 Å². The smallest absolute Gasteiger partial charge is 0.255 e. The van der Waals surface area contributed by atoms with Crippen LogP contribution in [0, 0.1) is 5.92 Å². The second kappa shape index (κ2) is 9.14. The molecule has 1 aromatic rings. The Morgan fingerprint density at radius 1 is 1.19 bits per heavy atom. The van der Waals surface area contributed by atoms with Crippen molar-refractivity contribution >= 4 is 17.0 Å². The van der Waals surface area contributed by atoms with Gasteiger partial charge in [0.05, 0.1) is 12.3 Å². The van der Waals surface area contributed by atoms with Gasteiger partial charge in [0.1, 0.15) is 5.75 Å². The zero-order valence-electron chi connectivity index (χ0n) is 14.7. The van der Waals surface area contributed by atoms with Gasteiger partial charge in [-0.1, -0.05) is 37.5 Å². The Morgan fingerprint density at radius 2 is 1.96 bits per heavy atom. The van der Waals surface area contributed by atoms with Crippen molar-refractivity contribution in [3.05, 3.63) is 52.6 Å². The second-order valence-corrected chi connectivity index (χ2v) is 7.70. The number of allylic oxidation sites excluding steroid dienone is 2. The van der Waals surface area contributed by atoms with Crippen molar-refractivity contribution in [1.82, 2.24) is 5.32 Å². The molecule has 26 heavy (non-hydrogen) atoms. The number of benzene rings is 1. The molecule has 0 spiro atoms. The molecule has 5 nitrogen and oxygen atoms in total. The van der Waals surface area contributed by atoms with E-state index in [-0.39, 0.29) is 10.8 Å². The maximum Gasteiger partial charge on any atom is 0.255 e. The molecule has 6 heteroatoms. The molecule has 0 bridgehead atoms. The fraction of sp³-hybridized carbons (Fsp3) is 0.450. The van der Waals surface area contributed by atoms with Crippen LogP contribution >= 0.6 is 0 Å². The van der Waals surface area contributed by atoms with E-state index in [9.17, 15) is 13.6 Å². The lowest BCUT2D eigenvalue weighted by Gasteiger charge is -2.22. The Balaban J connectivity index is 1.61. The van der Waals surface area contributed by atoms with Crippen molar-refractivity contribution < 1.29 is 18.3 Å². The van der Waals surface area contributed by atoms with E-state index in [1.165, 1.54) is 32.1 Å². The fourth-order valence-electron chi connectivity index (χ4n) is 3.41. The molecule has 1 amide bonds. The molecule has 0 aliphatic heterocycles. The number of ether oxygens (including phenoxy) is 1. The van der Waals surface area contributed by atoms with Crippen molar-refractivity contribution in [2.24, 2.45) is 5.92 Å². The summed E-state index contributed by atoms with van der Waals surface area (Å²) in [6.45, 7) is 0.679. The first-order valence-corrected chi connectivity index (χ1v) is 10.2. The summed E-state index contributed by atoms with van der Waals surface area (Å²) >= 11 is -2.36. The van der Waals surface area contributed by atoms with Crippen LogP contribution in [0.2, 0.25) is 0 Å². The van der Waals surface area contributed by atoms with Gasteiger partial charge in [-0.15, -0.1) is 0 Å². The predicted molar refractivity (Wildman–Crippen MR) is 100 cm³/mol. The van der Waals surface area contributed by atoms with Crippen LogP contribution in [-0.4, -0.2) is 21.3 Å². The van der Waals surface area contributed by atoms with Gasteiger partial charge >= 0.3 is 0 Å². The van der Waals surface area contributed by atoms with Crippen LogP contribution in [0.4, 0.5) is 0 Å². The van der Waals surface area contributed by atoms with E-state index in [0.717, 1.165) is 0 Å². The highest BCUT2D eigenvalue weighted by Crippen LogP contribution is 2.25. The maximum absolute atomic E-state index is 12.5. The molecule has 1 unspecified atom stereocenters. The molecule has 1 fully saturated rings. The van der Waals surface area contributed by atoms with E-state index in [1.54, 1.807) is 30.4 Å². The third-order valence-corrected chi connectivity index (χ3v) is 5.59. The van der Waals surface area contributed by atoms with Crippen LogP contribution < -0.4 is 10.1 Å². The minimum Gasteiger partial charge on any atom is -0.768 e. The van der Waals surface area contributed by atoms with E-state index in [1.807, 2.05) is 6.07 Å². The van der Waals surface area contributed by atoms with Gasteiger partial charge in [-0.05, 0) is 60.9 Å². The summed E-state index contributed by atoms with van der Waals surface area (Å²) in [4.78, 5) is 12.7. The van der Waals surface area contributed by atoms with E-state index < -0.39 is 11.1 Å². The van der Waals surface area contributed by atoms with Gasteiger partial charge in [0.25, 0.3) is 5.91 Å². The quantitative estimate of drug-likeness (QED) is 0.768. The number of hydrogen-bond acceptors (Lipinski definition) is 4. The van der Waals surface area contributed by atoms with Crippen LogP contribution in [-0.2, 0) is 11.1 Å². The van der Waals surface area contributed by atoms with Crippen molar-refractivity contribution in [3.8, 4) is 5.75 Å². The molecule has 3 rings (SSSR count). The molecule has 2 aliphatic carbocycles. The highest BCUT2D eigenvalue weighted by molar-refractivity contribution is 7.83. The third kappa shape index (κ3) is 5.05. The second-order valence-electron chi connectivity index (χ2n) is 6.80. The van der Waals surface area contributed by atoms with Gasteiger partial charge in [0.15, 0.2) is 0 Å². The minimum absolute atomic E-state index is 0.148. The predicted octanol–water partition coefficient (Wildman–Crippen LogP) is 3.82. The van der Waals surface area contributed by atoms with Gasteiger partial charge in [-0.3, -0.25) is 9.00 Å². The lowest BCUT2D eigenvalue weighted by Crippen LogP contribution is -2.26. The molecular formula is C20H24NO4S-. The lowest BCUT2D eigenvalue weighted by molar-refractivity contribution is 0.0966. The van der Waals surface area contributed by atoms with Gasteiger partial charge in [-0.25, -0.2) is 0 Å². The Hall–Kier alpha value is -1.92. The first-order valence-electron chi connectivity index (χ1n) is 9.17. The SMILES string of the molecule is O=C(NC1=CCCC=C1S(=O)[O-])c1cccc(OCC2CCCCC2)c1. The molecule has 0 aromatic heterocycles. The van der Waals surface area contributed by atoms with Crippen LogP contribution in [0.3, 0.4) is 0 Å². The molecule has 1 aromatic carbocycles. The molecule has 1 N–H and O–H groups in total. The minimum atomic E-state index is -2.36. The van der Waals surface area contributed by atoms with Gasteiger partial charge in [0.2, 0.25) is 0 Å². The van der Waals surface area contributed by atoms with Crippen LogP contribution in [0.5, 0.6) is 5.75 Å². The number of carbonyl (C=O) groups excluding carboxylic acids is 1.